The maximum atomic E-state index is 12.4. The van der Waals surface area contributed by atoms with Crippen molar-refractivity contribution in [2.24, 2.45) is 5.92 Å². The standard InChI is InChI=1S/C16H23N3O/c1-13-10-14-4-2-3-5-15(14)19(11-13)12-16(20)18-8-6-17-7-9-18/h2-5,13,17H,6-12H2,1H3. The third-order valence-electron chi connectivity index (χ3n) is 4.23. The highest BCUT2D eigenvalue weighted by Crippen LogP contribution is 2.29. The number of carbonyl (C=O) groups excluding carboxylic acids is 1. The first-order valence-electron chi connectivity index (χ1n) is 7.55. The van der Waals surface area contributed by atoms with E-state index in [4.69, 9.17) is 0 Å². The van der Waals surface area contributed by atoms with Gasteiger partial charge in [0, 0.05) is 38.4 Å². The molecule has 2 aliphatic heterocycles. The fraction of sp³-hybridized carbons (Fsp3) is 0.562. The molecule has 1 aromatic rings. The quantitative estimate of drug-likeness (QED) is 0.877. The van der Waals surface area contributed by atoms with Crippen molar-refractivity contribution in [1.29, 1.82) is 0 Å². The largest absolute Gasteiger partial charge is 0.362 e. The second kappa shape index (κ2) is 5.83. The molecule has 1 saturated heterocycles. The molecular weight excluding hydrogens is 250 g/mol. The lowest BCUT2D eigenvalue weighted by Gasteiger charge is -2.36. The van der Waals surface area contributed by atoms with Crippen molar-refractivity contribution in [2.75, 3.05) is 44.2 Å². The van der Waals surface area contributed by atoms with E-state index in [0.29, 0.717) is 12.5 Å². The molecular formula is C16H23N3O. The molecule has 1 unspecified atom stereocenters. The van der Waals surface area contributed by atoms with Crippen LogP contribution in [0, 0.1) is 5.92 Å². The molecule has 4 heteroatoms. The summed E-state index contributed by atoms with van der Waals surface area (Å²) in [5, 5.41) is 3.29. The summed E-state index contributed by atoms with van der Waals surface area (Å²) in [5.74, 6) is 0.871. The molecule has 0 bridgehead atoms. The minimum atomic E-state index is 0.260. The summed E-state index contributed by atoms with van der Waals surface area (Å²) < 4.78 is 0. The lowest BCUT2D eigenvalue weighted by atomic mass is 9.94. The lowest BCUT2D eigenvalue weighted by Crippen LogP contribution is -2.50. The Balaban J connectivity index is 1.72. The fourth-order valence-electron chi connectivity index (χ4n) is 3.23. The predicted octanol–water partition coefficient (Wildman–Crippen LogP) is 1.12. The van der Waals surface area contributed by atoms with E-state index in [2.05, 4.69) is 41.4 Å². The average molecular weight is 273 g/mol. The molecule has 3 rings (SSSR count). The van der Waals surface area contributed by atoms with Crippen LogP contribution < -0.4 is 10.2 Å². The number of para-hydroxylation sites is 1. The number of nitrogens with zero attached hydrogens (tertiary/aromatic N) is 2. The Morgan fingerprint density at radius 1 is 1.30 bits per heavy atom. The zero-order valence-corrected chi connectivity index (χ0v) is 12.1. The van der Waals surface area contributed by atoms with Crippen molar-refractivity contribution in [3.8, 4) is 0 Å². The molecule has 1 aromatic carbocycles. The van der Waals surface area contributed by atoms with Crippen molar-refractivity contribution in [3.63, 3.8) is 0 Å². The number of rotatable bonds is 2. The van der Waals surface area contributed by atoms with Gasteiger partial charge in [0.2, 0.25) is 5.91 Å². The van der Waals surface area contributed by atoms with E-state index >= 15 is 0 Å². The number of hydrogen-bond acceptors (Lipinski definition) is 3. The van der Waals surface area contributed by atoms with Gasteiger partial charge >= 0.3 is 0 Å². The van der Waals surface area contributed by atoms with Crippen LogP contribution in [0.15, 0.2) is 24.3 Å². The van der Waals surface area contributed by atoms with Gasteiger partial charge in [-0.15, -0.1) is 0 Å². The zero-order valence-electron chi connectivity index (χ0n) is 12.1. The van der Waals surface area contributed by atoms with Gasteiger partial charge in [-0.25, -0.2) is 0 Å². The van der Waals surface area contributed by atoms with Crippen molar-refractivity contribution in [2.45, 2.75) is 13.3 Å². The highest BCUT2D eigenvalue weighted by atomic mass is 16.2. The third-order valence-corrected chi connectivity index (χ3v) is 4.23. The first-order chi connectivity index (χ1) is 9.74. The summed E-state index contributed by atoms with van der Waals surface area (Å²) in [6, 6.07) is 8.49. The van der Waals surface area contributed by atoms with Crippen LogP contribution in [0.5, 0.6) is 0 Å². The van der Waals surface area contributed by atoms with Crippen LogP contribution in [0.1, 0.15) is 12.5 Å². The summed E-state index contributed by atoms with van der Waals surface area (Å²) >= 11 is 0. The Morgan fingerprint density at radius 2 is 2.05 bits per heavy atom. The molecule has 20 heavy (non-hydrogen) atoms. The summed E-state index contributed by atoms with van der Waals surface area (Å²) in [7, 11) is 0. The Morgan fingerprint density at radius 3 is 2.85 bits per heavy atom. The van der Waals surface area contributed by atoms with Gasteiger partial charge in [0.05, 0.1) is 6.54 Å². The number of piperazine rings is 1. The van der Waals surface area contributed by atoms with Crippen molar-refractivity contribution in [3.05, 3.63) is 29.8 Å². The Hall–Kier alpha value is -1.55. The monoisotopic (exact) mass is 273 g/mol. The van der Waals surface area contributed by atoms with E-state index in [1.807, 2.05) is 4.90 Å². The second-order valence-electron chi connectivity index (χ2n) is 5.95. The number of amides is 1. The number of hydrogen-bond donors (Lipinski definition) is 1. The van der Waals surface area contributed by atoms with Crippen LogP contribution in [0.4, 0.5) is 5.69 Å². The Labute approximate surface area is 120 Å². The minimum absolute atomic E-state index is 0.260. The third kappa shape index (κ3) is 2.80. The summed E-state index contributed by atoms with van der Waals surface area (Å²) in [6.45, 7) is 7.26. The zero-order chi connectivity index (χ0) is 13.9. The SMILES string of the molecule is CC1Cc2ccccc2N(CC(=O)N2CCNCC2)C1. The highest BCUT2D eigenvalue weighted by Gasteiger charge is 2.25. The maximum absolute atomic E-state index is 12.4. The van der Waals surface area contributed by atoms with Gasteiger partial charge in [-0.3, -0.25) is 4.79 Å². The van der Waals surface area contributed by atoms with Crippen LogP contribution in [-0.2, 0) is 11.2 Å². The summed E-state index contributed by atoms with van der Waals surface area (Å²) in [6.07, 6.45) is 1.12. The van der Waals surface area contributed by atoms with Gasteiger partial charge in [0.1, 0.15) is 0 Å². The number of carbonyl (C=O) groups is 1. The molecule has 4 nitrogen and oxygen atoms in total. The van der Waals surface area contributed by atoms with Crippen LogP contribution in [0.2, 0.25) is 0 Å². The molecule has 2 heterocycles. The first-order valence-corrected chi connectivity index (χ1v) is 7.55. The molecule has 1 N–H and O–H groups in total. The van der Waals surface area contributed by atoms with E-state index in [-0.39, 0.29) is 5.91 Å². The minimum Gasteiger partial charge on any atom is -0.362 e. The second-order valence-corrected chi connectivity index (χ2v) is 5.95. The topological polar surface area (TPSA) is 35.6 Å². The molecule has 0 aliphatic carbocycles. The molecule has 0 saturated carbocycles. The number of fused-ring (bicyclic) bond motifs is 1. The normalized spacial score (nSPS) is 22.6. The molecule has 1 fully saturated rings. The van der Waals surface area contributed by atoms with E-state index in [9.17, 15) is 4.79 Å². The Kier molecular flexibility index (Phi) is 3.92. The van der Waals surface area contributed by atoms with Crippen molar-refractivity contribution in [1.82, 2.24) is 10.2 Å². The molecule has 108 valence electrons. The summed E-state index contributed by atoms with van der Waals surface area (Å²) in [4.78, 5) is 16.7. The van der Waals surface area contributed by atoms with E-state index in [1.165, 1.54) is 11.3 Å². The molecule has 1 atom stereocenters. The molecule has 0 radical (unpaired) electrons. The molecule has 0 aromatic heterocycles. The average Bonchev–Trinajstić information content (AvgIpc) is 2.48. The number of nitrogens with one attached hydrogen (secondary N) is 1. The lowest BCUT2D eigenvalue weighted by molar-refractivity contribution is -0.130. The molecule has 1 amide bonds. The first kappa shape index (κ1) is 13.4. The highest BCUT2D eigenvalue weighted by molar-refractivity contribution is 5.82. The molecule has 2 aliphatic rings. The van der Waals surface area contributed by atoms with Crippen molar-refractivity contribution >= 4 is 11.6 Å². The van der Waals surface area contributed by atoms with Gasteiger partial charge in [0.25, 0.3) is 0 Å². The van der Waals surface area contributed by atoms with Gasteiger partial charge in [-0.05, 0) is 24.0 Å². The fourth-order valence-corrected chi connectivity index (χ4v) is 3.23. The van der Waals surface area contributed by atoms with Crippen LogP contribution in [-0.4, -0.2) is 50.1 Å². The summed E-state index contributed by atoms with van der Waals surface area (Å²) in [5.41, 5.74) is 2.62. The van der Waals surface area contributed by atoms with E-state index in [1.54, 1.807) is 0 Å². The Bertz CT molecular complexity index is 482. The van der Waals surface area contributed by atoms with Crippen LogP contribution in [0.25, 0.3) is 0 Å². The maximum Gasteiger partial charge on any atom is 0.242 e. The van der Waals surface area contributed by atoms with Gasteiger partial charge in [-0.1, -0.05) is 25.1 Å². The van der Waals surface area contributed by atoms with Crippen LogP contribution in [0.3, 0.4) is 0 Å². The number of benzene rings is 1. The van der Waals surface area contributed by atoms with Gasteiger partial charge in [-0.2, -0.15) is 0 Å². The van der Waals surface area contributed by atoms with E-state index < -0.39 is 0 Å². The smallest absolute Gasteiger partial charge is 0.242 e. The molecule has 0 spiro atoms. The van der Waals surface area contributed by atoms with Gasteiger partial charge in [0.15, 0.2) is 0 Å². The van der Waals surface area contributed by atoms with E-state index in [0.717, 1.165) is 39.1 Å². The predicted molar refractivity (Wildman–Crippen MR) is 81.0 cm³/mol. The van der Waals surface area contributed by atoms with Gasteiger partial charge < -0.3 is 15.1 Å². The van der Waals surface area contributed by atoms with Crippen molar-refractivity contribution < 1.29 is 4.79 Å². The number of anilines is 1. The van der Waals surface area contributed by atoms with Crippen LogP contribution >= 0.6 is 0 Å².